The van der Waals surface area contributed by atoms with Crippen LogP contribution in [0.1, 0.15) is 13.8 Å². The van der Waals surface area contributed by atoms with Crippen molar-refractivity contribution in [2.75, 3.05) is 43.2 Å². The summed E-state index contributed by atoms with van der Waals surface area (Å²) in [6.45, 7) is 6.36. The van der Waals surface area contributed by atoms with Crippen LogP contribution in [0.2, 0.25) is 0 Å². The zero-order chi connectivity index (χ0) is 13.8. The molecule has 19 heavy (non-hydrogen) atoms. The number of aliphatic hydroxyl groups is 1. The van der Waals surface area contributed by atoms with E-state index in [1.165, 1.54) is 0 Å². The van der Waals surface area contributed by atoms with Gasteiger partial charge in [0.05, 0.1) is 19.3 Å². The number of aliphatic hydroxyl groups excluding tert-OH is 1. The first kappa shape index (κ1) is 14.0. The molecule has 106 valence electrons. The average molecular weight is 266 g/mol. The number of nitrogens with zero attached hydrogens (tertiary/aromatic N) is 4. The first-order valence-electron chi connectivity index (χ1n) is 6.64. The molecule has 0 aliphatic carbocycles. The molecular weight excluding hydrogens is 244 g/mol. The molecule has 0 radical (unpaired) electrons. The molecule has 6 heteroatoms. The summed E-state index contributed by atoms with van der Waals surface area (Å²) in [6, 6.07) is 2.37. The highest BCUT2D eigenvalue weighted by molar-refractivity contribution is 5.50. The molecule has 1 fully saturated rings. The Bertz CT molecular complexity index is 413. The van der Waals surface area contributed by atoms with Crippen LogP contribution < -0.4 is 9.80 Å². The van der Waals surface area contributed by atoms with Crippen molar-refractivity contribution in [1.29, 1.82) is 0 Å². The third kappa shape index (κ3) is 3.33. The summed E-state index contributed by atoms with van der Waals surface area (Å²) in [5, 5.41) is 9.18. The maximum Gasteiger partial charge on any atom is 0.134 e. The van der Waals surface area contributed by atoms with Crippen molar-refractivity contribution in [1.82, 2.24) is 9.97 Å². The summed E-state index contributed by atoms with van der Waals surface area (Å²) < 4.78 is 5.45. The number of ether oxygens (including phenoxy) is 1. The highest BCUT2D eigenvalue weighted by atomic mass is 16.5. The van der Waals surface area contributed by atoms with E-state index < -0.39 is 0 Å². The van der Waals surface area contributed by atoms with Crippen molar-refractivity contribution >= 4 is 11.6 Å². The molecule has 1 aromatic heterocycles. The van der Waals surface area contributed by atoms with E-state index in [9.17, 15) is 5.11 Å². The highest BCUT2D eigenvalue weighted by Crippen LogP contribution is 2.20. The van der Waals surface area contributed by atoms with Crippen LogP contribution in [0, 0.1) is 0 Å². The van der Waals surface area contributed by atoms with E-state index >= 15 is 0 Å². The first-order valence-corrected chi connectivity index (χ1v) is 6.64. The van der Waals surface area contributed by atoms with E-state index in [1.54, 1.807) is 6.33 Å². The SMILES string of the molecule is CC(C)N(C)c1cc(N2CCOC(CO)C2)ncn1. The molecule has 0 saturated carbocycles. The van der Waals surface area contributed by atoms with Crippen LogP contribution in [-0.4, -0.2) is 60.6 Å². The predicted octanol–water partition coefficient (Wildman–Crippen LogP) is 0.519. The minimum Gasteiger partial charge on any atom is -0.394 e. The molecule has 0 bridgehead atoms. The van der Waals surface area contributed by atoms with Gasteiger partial charge < -0.3 is 19.6 Å². The smallest absolute Gasteiger partial charge is 0.134 e. The number of hydrogen-bond donors (Lipinski definition) is 1. The predicted molar refractivity (Wildman–Crippen MR) is 74.6 cm³/mol. The molecule has 0 amide bonds. The Kier molecular flexibility index (Phi) is 4.55. The molecular formula is C13H22N4O2. The average Bonchev–Trinajstić information content (AvgIpc) is 2.46. The van der Waals surface area contributed by atoms with E-state index in [0.29, 0.717) is 19.2 Å². The van der Waals surface area contributed by atoms with Crippen molar-refractivity contribution in [2.45, 2.75) is 26.0 Å². The third-order valence-corrected chi connectivity index (χ3v) is 3.44. The molecule has 0 spiro atoms. The lowest BCUT2D eigenvalue weighted by Gasteiger charge is -2.33. The zero-order valence-electron chi connectivity index (χ0n) is 11.8. The second kappa shape index (κ2) is 6.16. The van der Waals surface area contributed by atoms with Crippen molar-refractivity contribution < 1.29 is 9.84 Å². The van der Waals surface area contributed by atoms with Gasteiger partial charge in [0.1, 0.15) is 18.0 Å². The van der Waals surface area contributed by atoms with Gasteiger partial charge in [-0.25, -0.2) is 9.97 Å². The Morgan fingerprint density at radius 1 is 1.53 bits per heavy atom. The third-order valence-electron chi connectivity index (χ3n) is 3.44. The lowest BCUT2D eigenvalue weighted by Crippen LogP contribution is -2.44. The van der Waals surface area contributed by atoms with Crippen LogP contribution in [0.15, 0.2) is 12.4 Å². The first-order chi connectivity index (χ1) is 9.11. The van der Waals surface area contributed by atoms with Crippen LogP contribution in [0.4, 0.5) is 11.6 Å². The Labute approximate surface area is 114 Å². The minimum atomic E-state index is -0.130. The molecule has 1 aliphatic rings. The quantitative estimate of drug-likeness (QED) is 0.857. The van der Waals surface area contributed by atoms with Gasteiger partial charge in [0, 0.05) is 32.2 Å². The topological polar surface area (TPSA) is 61.7 Å². The van der Waals surface area contributed by atoms with E-state index in [2.05, 4.69) is 33.6 Å². The van der Waals surface area contributed by atoms with E-state index in [4.69, 9.17) is 4.74 Å². The van der Waals surface area contributed by atoms with Crippen molar-refractivity contribution in [3.05, 3.63) is 12.4 Å². The Morgan fingerprint density at radius 2 is 2.32 bits per heavy atom. The second-order valence-electron chi connectivity index (χ2n) is 5.06. The van der Waals surface area contributed by atoms with E-state index in [0.717, 1.165) is 18.2 Å². The molecule has 0 aromatic carbocycles. The number of rotatable bonds is 4. The maximum atomic E-state index is 9.18. The van der Waals surface area contributed by atoms with Crippen LogP contribution in [-0.2, 0) is 4.74 Å². The molecule has 1 N–H and O–H groups in total. The number of hydrogen-bond acceptors (Lipinski definition) is 6. The van der Waals surface area contributed by atoms with Crippen LogP contribution >= 0.6 is 0 Å². The van der Waals surface area contributed by atoms with Crippen molar-refractivity contribution in [3.8, 4) is 0 Å². The Morgan fingerprint density at radius 3 is 3.00 bits per heavy atom. The van der Waals surface area contributed by atoms with Gasteiger partial charge in [0.2, 0.25) is 0 Å². The minimum absolute atomic E-state index is 0.0420. The van der Waals surface area contributed by atoms with Gasteiger partial charge in [-0.05, 0) is 13.8 Å². The van der Waals surface area contributed by atoms with Crippen LogP contribution in [0.25, 0.3) is 0 Å². The van der Waals surface area contributed by atoms with Crippen molar-refractivity contribution in [2.24, 2.45) is 0 Å². The van der Waals surface area contributed by atoms with Gasteiger partial charge >= 0.3 is 0 Å². The van der Waals surface area contributed by atoms with Crippen LogP contribution in [0.5, 0.6) is 0 Å². The summed E-state index contributed by atoms with van der Waals surface area (Å²) in [5.41, 5.74) is 0. The zero-order valence-corrected chi connectivity index (χ0v) is 11.8. The number of morpholine rings is 1. The monoisotopic (exact) mass is 266 g/mol. The Balaban J connectivity index is 2.14. The van der Waals surface area contributed by atoms with Gasteiger partial charge in [-0.3, -0.25) is 0 Å². The summed E-state index contributed by atoms with van der Waals surface area (Å²) in [6.07, 6.45) is 1.46. The van der Waals surface area contributed by atoms with E-state index in [-0.39, 0.29) is 12.7 Å². The lowest BCUT2D eigenvalue weighted by molar-refractivity contribution is 0.00336. The Hall–Kier alpha value is -1.40. The largest absolute Gasteiger partial charge is 0.394 e. The molecule has 6 nitrogen and oxygen atoms in total. The summed E-state index contributed by atoms with van der Waals surface area (Å²) >= 11 is 0. The summed E-state index contributed by atoms with van der Waals surface area (Å²) in [5.74, 6) is 1.80. The van der Waals surface area contributed by atoms with Gasteiger partial charge in [0.25, 0.3) is 0 Å². The lowest BCUT2D eigenvalue weighted by atomic mass is 10.2. The standard InChI is InChI=1S/C13H22N4O2/c1-10(2)16(3)12-6-13(15-9-14-12)17-4-5-19-11(7-17)8-18/h6,9-11,18H,4-5,7-8H2,1-3H3. The normalized spacial score (nSPS) is 19.8. The van der Waals surface area contributed by atoms with Crippen LogP contribution in [0.3, 0.4) is 0 Å². The fourth-order valence-corrected chi connectivity index (χ4v) is 2.01. The number of aromatic nitrogens is 2. The summed E-state index contributed by atoms with van der Waals surface area (Å²) in [4.78, 5) is 12.9. The molecule has 1 atom stereocenters. The van der Waals surface area contributed by atoms with Gasteiger partial charge in [-0.1, -0.05) is 0 Å². The molecule has 1 aromatic rings. The summed E-state index contributed by atoms with van der Waals surface area (Å²) in [7, 11) is 2.02. The number of anilines is 2. The van der Waals surface area contributed by atoms with Gasteiger partial charge in [-0.2, -0.15) is 0 Å². The van der Waals surface area contributed by atoms with Gasteiger partial charge in [0.15, 0.2) is 0 Å². The molecule has 2 rings (SSSR count). The fraction of sp³-hybridized carbons (Fsp3) is 0.692. The van der Waals surface area contributed by atoms with E-state index in [1.807, 2.05) is 13.1 Å². The molecule has 1 unspecified atom stereocenters. The molecule has 2 heterocycles. The molecule has 1 saturated heterocycles. The maximum absolute atomic E-state index is 9.18. The van der Waals surface area contributed by atoms with Crippen molar-refractivity contribution in [3.63, 3.8) is 0 Å². The molecule has 1 aliphatic heterocycles. The van der Waals surface area contributed by atoms with Gasteiger partial charge in [-0.15, -0.1) is 0 Å². The second-order valence-corrected chi connectivity index (χ2v) is 5.06. The fourth-order valence-electron chi connectivity index (χ4n) is 2.01. The highest BCUT2D eigenvalue weighted by Gasteiger charge is 2.21.